The lowest BCUT2D eigenvalue weighted by molar-refractivity contribution is 0.303. The number of fused-ring (bicyclic) bond motifs is 1. The zero-order chi connectivity index (χ0) is 23.2. The van der Waals surface area contributed by atoms with Gasteiger partial charge >= 0.3 is 0 Å². The molecule has 174 valence electrons. The van der Waals surface area contributed by atoms with Gasteiger partial charge in [-0.2, -0.15) is 0 Å². The Hall–Kier alpha value is -3.16. The van der Waals surface area contributed by atoms with Crippen molar-refractivity contribution in [1.82, 2.24) is 14.5 Å². The van der Waals surface area contributed by atoms with Gasteiger partial charge in [0.05, 0.1) is 18.0 Å². The smallest absolute Gasteiger partial charge is 0.273 e. The summed E-state index contributed by atoms with van der Waals surface area (Å²) in [5, 5.41) is 0.968. The molecule has 0 N–H and O–H groups in total. The Balaban J connectivity index is 1.25. The van der Waals surface area contributed by atoms with Crippen LogP contribution in [0.2, 0.25) is 0 Å². The SMILES string of the molecule is CN(C)[C@@H]1CCN(c2ccc(-n3ccc4cc(-c5ccc(OC6CC6)cc5)sc4c3=O)cn2)C1. The molecule has 0 bridgehead atoms. The number of aromatic nitrogens is 2. The van der Waals surface area contributed by atoms with Crippen molar-refractivity contribution in [3.8, 4) is 21.9 Å². The van der Waals surface area contributed by atoms with Crippen LogP contribution >= 0.6 is 11.3 Å². The van der Waals surface area contributed by atoms with Gasteiger partial charge in [-0.05, 0) is 87.5 Å². The first-order valence-corrected chi connectivity index (χ1v) is 12.7. The first kappa shape index (κ1) is 21.4. The highest BCUT2D eigenvalue weighted by Crippen LogP contribution is 2.34. The van der Waals surface area contributed by atoms with Crippen LogP contribution in [-0.2, 0) is 0 Å². The Morgan fingerprint density at radius 1 is 1.06 bits per heavy atom. The van der Waals surface area contributed by atoms with E-state index < -0.39 is 0 Å². The summed E-state index contributed by atoms with van der Waals surface area (Å²) in [7, 11) is 4.25. The van der Waals surface area contributed by atoms with Crippen molar-refractivity contribution in [3.05, 3.63) is 71.3 Å². The summed E-state index contributed by atoms with van der Waals surface area (Å²) < 4.78 is 8.31. The number of thiophene rings is 1. The molecule has 1 aliphatic carbocycles. The van der Waals surface area contributed by atoms with Crippen molar-refractivity contribution >= 4 is 27.2 Å². The summed E-state index contributed by atoms with van der Waals surface area (Å²) in [5.41, 5.74) is 1.88. The van der Waals surface area contributed by atoms with Crippen LogP contribution < -0.4 is 15.2 Å². The van der Waals surface area contributed by atoms with E-state index in [0.717, 1.165) is 70.1 Å². The van der Waals surface area contributed by atoms with Crippen molar-refractivity contribution in [1.29, 1.82) is 0 Å². The van der Waals surface area contributed by atoms with Gasteiger partial charge in [0.1, 0.15) is 16.3 Å². The van der Waals surface area contributed by atoms with E-state index in [2.05, 4.69) is 47.1 Å². The number of hydrogen-bond donors (Lipinski definition) is 0. The fraction of sp³-hybridized carbons (Fsp3) is 0.333. The van der Waals surface area contributed by atoms with Crippen LogP contribution in [-0.4, -0.2) is 53.8 Å². The summed E-state index contributed by atoms with van der Waals surface area (Å²) in [5.74, 6) is 1.88. The van der Waals surface area contributed by atoms with Gasteiger partial charge in [-0.1, -0.05) is 0 Å². The van der Waals surface area contributed by atoms with Crippen LogP contribution in [0, 0.1) is 0 Å². The van der Waals surface area contributed by atoms with Gasteiger partial charge in [-0.15, -0.1) is 11.3 Å². The van der Waals surface area contributed by atoms with Crippen LogP contribution in [0.15, 0.2) is 65.7 Å². The van der Waals surface area contributed by atoms with E-state index in [1.807, 2.05) is 36.5 Å². The van der Waals surface area contributed by atoms with Crippen molar-refractivity contribution in [2.75, 3.05) is 32.1 Å². The van der Waals surface area contributed by atoms with Crippen molar-refractivity contribution < 1.29 is 4.74 Å². The molecule has 34 heavy (non-hydrogen) atoms. The van der Waals surface area contributed by atoms with E-state index in [0.29, 0.717) is 12.1 Å². The van der Waals surface area contributed by atoms with Crippen LogP contribution in [0.4, 0.5) is 5.82 Å². The van der Waals surface area contributed by atoms with Gasteiger partial charge < -0.3 is 14.5 Å². The van der Waals surface area contributed by atoms with Gasteiger partial charge in [0.2, 0.25) is 0 Å². The normalized spacial score (nSPS) is 18.2. The summed E-state index contributed by atoms with van der Waals surface area (Å²) in [6, 6.07) is 16.9. The highest BCUT2D eigenvalue weighted by molar-refractivity contribution is 7.22. The lowest BCUT2D eigenvalue weighted by atomic mass is 10.1. The molecule has 4 heterocycles. The van der Waals surface area contributed by atoms with E-state index >= 15 is 0 Å². The first-order valence-electron chi connectivity index (χ1n) is 11.9. The van der Waals surface area contributed by atoms with Crippen molar-refractivity contribution in [2.45, 2.75) is 31.4 Å². The molecule has 0 radical (unpaired) electrons. The number of nitrogens with zero attached hydrogens (tertiary/aromatic N) is 4. The predicted octanol–water partition coefficient (Wildman–Crippen LogP) is 4.80. The molecule has 1 aromatic carbocycles. The lowest BCUT2D eigenvalue weighted by Gasteiger charge is -2.21. The molecule has 0 amide bonds. The largest absolute Gasteiger partial charge is 0.490 e. The second kappa shape index (κ2) is 8.56. The third kappa shape index (κ3) is 4.10. The maximum absolute atomic E-state index is 13.3. The molecule has 1 aliphatic heterocycles. The summed E-state index contributed by atoms with van der Waals surface area (Å²) in [4.78, 5) is 23.7. The molecule has 1 saturated heterocycles. The minimum atomic E-state index is -0.00849. The predicted molar refractivity (Wildman–Crippen MR) is 139 cm³/mol. The molecule has 0 spiro atoms. The summed E-state index contributed by atoms with van der Waals surface area (Å²) >= 11 is 1.54. The van der Waals surface area contributed by atoms with Crippen molar-refractivity contribution in [2.24, 2.45) is 0 Å². The Kier molecular flexibility index (Phi) is 5.38. The molecule has 4 aromatic rings. The van der Waals surface area contributed by atoms with E-state index in [1.54, 1.807) is 10.8 Å². The number of pyridine rings is 2. The summed E-state index contributed by atoms with van der Waals surface area (Å²) in [6.45, 7) is 1.99. The monoisotopic (exact) mass is 472 g/mol. The number of likely N-dealkylation sites (N-methyl/N-ethyl adjacent to an activating group) is 1. The molecule has 7 heteroatoms. The van der Waals surface area contributed by atoms with Gasteiger partial charge in [0, 0.05) is 35.6 Å². The minimum Gasteiger partial charge on any atom is -0.490 e. The molecular weight excluding hydrogens is 444 g/mol. The molecule has 6 rings (SSSR count). The van der Waals surface area contributed by atoms with Gasteiger partial charge in [-0.25, -0.2) is 4.98 Å². The van der Waals surface area contributed by atoms with Crippen molar-refractivity contribution in [3.63, 3.8) is 0 Å². The number of anilines is 1. The molecule has 6 nitrogen and oxygen atoms in total. The number of rotatable bonds is 6. The molecule has 2 fully saturated rings. The van der Waals surface area contributed by atoms with E-state index in [4.69, 9.17) is 4.74 Å². The number of benzene rings is 1. The lowest BCUT2D eigenvalue weighted by Crippen LogP contribution is -2.31. The van der Waals surface area contributed by atoms with Gasteiger partial charge in [0.15, 0.2) is 0 Å². The van der Waals surface area contributed by atoms with Gasteiger partial charge in [0.25, 0.3) is 5.56 Å². The maximum atomic E-state index is 13.3. The zero-order valence-electron chi connectivity index (χ0n) is 19.5. The molecule has 1 saturated carbocycles. The summed E-state index contributed by atoms with van der Waals surface area (Å²) in [6.07, 6.45) is 7.49. The third-order valence-electron chi connectivity index (χ3n) is 6.77. The molecule has 3 aromatic heterocycles. The van der Waals surface area contributed by atoms with Crippen LogP contribution in [0.5, 0.6) is 5.75 Å². The second-order valence-corrected chi connectivity index (χ2v) is 10.5. The number of ether oxygens (including phenoxy) is 1. The second-order valence-electron chi connectivity index (χ2n) is 9.45. The van der Waals surface area contributed by atoms with Gasteiger partial charge in [-0.3, -0.25) is 9.36 Å². The van der Waals surface area contributed by atoms with Crippen LogP contribution in [0.3, 0.4) is 0 Å². The first-order chi connectivity index (χ1) is 16.5. The van der Waals surface area contributed by atoms with E-state index in [9.17, 15) is 4.79 Å². The van der Waals surface area contributed by atoms with Crippen LogP contribution in [0.25, 0.3) is 26.2 Å². The fourth-order valence-corrected chi connectivity index (χ4v) is 5.62. The highest BCUT2D eigenvalue weighted by atomic mass is 32.1. The topological polar surface area (TPSA) is 50.6 Å². The Labute approximate surface area is 203 Å². The fourth-order valence-electron chi connectivity index (χ4n) is 4.53. The Morgan fingerprint density at radius 3 is 2.56 bits per heavy atom. The Bertz CT molecular complexity index is 1370. The van der Waals surface area contributed by atoms with E-state index in [-0.39, 0.29) is 5.56 Å². The molecule has 2 aliphatic rings. The average Bonchev–Trinajstić information content (AvgIpc) is 3.34. The molecular formula is C27H28N4O2S. The Morgan fingerprint density at radius 2 is 1.88 bits per heavy atom. The van der Waals surface area contributed by atoms with Crippen LogP contribution in [0.1, 0.15) is 19.3 Å². The average molecular weight is 473 g/mol. The minimum absolute atomic E-state index is 0.00849. The van der Waals surface area contributed by atoms with E-state index in [1.165, 1.54) is 11.3 Å². The highest BCUT2D eigenvalue weighted by Gasteiger charge is 2.25. The molecule has 0 unspecified atom stereocenters. The zero-order valence-corrected chi connectivity index (χ0v) is 20.3. The molecule has 1 atom stereocenters. The quantitative estimate of drug-likeness (QED) is 0.404. The maximum Gasteiger partial charge on any atom is 0.273 e. The third-order valence-corrected chi connectivity index (χ3v) is 7.96. The number of hydrogen-bond acceptors (Lipinski definition) is 6. The standard InChI is InChI=1S/C27H28N4O2S/c1-29(2)21-12-13-30(17-21)25-10-5-20(16-28-25)31-14-11-19-15-24(34-26(19)27(31)32)18-3-6-22(7-4-18)33-23-8-9-23/h3-7,10-11,14-16,21,23H,8-9,12-13,17H2,1-2H3/t21-/m1/s1.